The van der Waals surface area contributed by atoms with Gasteiger partial charge in [-0.3, -0.25) is 9.59 Å². The Morgan fingerprint density at radius 1 is 1.30 bits per heavy atom. The molecule has 2 aliphatic rings. The van der Waals surface area contributed by atoms with Crippen LogP contribution in [0.4, 0.5) is 0 Å². The van der Waals surface area contributed by atoms with Crippen molar-refractivity contribution in [2.24, 2.45) is 5.41 Å². The standard InChI is InChI=1S/C16H17NO3/c1-11-12-5-2-3-6-13(12)15(20)17(11)10-16(7-4-8-16)9-14(18)19/h2-3,5-6H,1,4,7-10H2,(H,18,19). The number of carboxylic acid groups (broad SMARTS) is 1. The molecule has 3 rings (SSSR count). The number of carbonyl (C=O) groups excluding carboxylic acids is 1. The van der Waals surface area contributed by atoms with E-state index in [0.717, 1.165) is 24.8 Å². The smallest absolute Gasteiger partial charge is 0.303 e. The zero-order valence-electron chi connectivity index (χ0n) is 11.3. The number of aliphatic carboxylic acids is 1. The Kier molecular flexibility index (Phi) is 2.89. The largest absolute Gasteiger partial charge is 0.481 e. The Labute approximate surface area is 117 Å². The summed E-state index contributed by atoms with van der Waals surface area (Å²) in [5.74, 6) is -0.846. The molecule has 0 aromatic heterocycles. The number of fused-ring (bicyclic) bond motifs is 1. The predicted molar refractivity (Wildman–Crippen MR) is 75.0 cm³/mol. The summed E-state index contributed by atoms with van der Waals surface area (Å²) in [6, 6.07) is 7.41. The van der Waals surface area contributed by atoms with Gasteiger partial charge in [-0.15, -0.1) is 0 Å². The summed E-state index contributed by atoms with van der Waals surface area (Å²) in [4.78, 5) is 25.1. The van der Waals surface area contributed by atoms with E-state index in [0.29, 0.717) is 17.8 Å². The van der Waals surface area contributed by atoms with Gasteiger partial charge in [-0.05, 0) is 24.3 Å². The Morgan fingerprint density at radius 2 is 1.95 bits per heavy atom. The van der Waals surface area contributed by atoms with Gasteiger partial charge in [0.2, 0.25) is 0 Å². The summed E-state index contributed by atoms with van der Waals surface area (Å²) in [7, 11) is 0. The predicted octanol–water partition coefficient (Wildman–Crippen LogP) is 2.76. The maximum Gasteiger partial charge on any atom is 0.303 e. The van der Waals surface area contributed by atoms with E-state index in [1.165, 1.54) is 0 Å². The average Bonchev–Trinajstić information content (AvgIpc) is 2.61. The molecule has 1 aliphatic heterocycles. The van der Waals surface area contributed by atoms with Gasteiger partial charge in [0.25, 0.3) is 5.91 Å². The van der Waals surface area contributed by atoms with Crippen LogP contribution in [0, 0.1) is 5.41 Å². The molecule has 1 N–H and O–H groups in total. The van der Waals surface area contributed by atoms with E-state index in [2.05, 4.69) is 6.58 Å². The van der Waals surface area contributed by atoms with Crippen LogP contribution in [-0.2, 0) is 4.79 Å². The minimum atomic E-state index is -0.792. The lowest BCUT2D eigenvalue weighted by Gasteiger charge is -2.43. The Bertz CT molecular complexity index is 566. The molecular formula is C16H17NO3. The molecule has 0 spiro atoms. The van der Waals surface area contributed by atoms with Gasteiger partial charge in [-0.2, -0.15) is 0 Å². The summed E-state index contributed by atoms with van der Waals surface area (Å²) < 4.78 is 0. The maximum atomic E-state index is 12.4. The first-order valence-electron chi connectivity index (χ1n) is 6.84. The molecule has 1 aliphatic carbocycles. The molecular weight excluding hydrogens is 254 g/mol. The van der Waals surface area contributed by atoms with E-state index >= 15 is 0 Å². The van der Waals surface area contributed by atoms with Crippen LogP contribution in [-0.4, -0.2) is 28.4 Å². The minimum absolute atomic E-state index is 0.0535. The number of carboxylic acids is 1. The van der Waals surface area contributed by atoms with Crippen LogP contribution in [0.1, 0.15) is 41.6 Å². The Balaban J connectivity index is 1.84. The molecule has 1 heterocycles. The molecule has 1 aromatic carbocycles. The summed E-state index contributed by atoms with van der Waals surface area (Å²) in [6.45, 7) is 4.47. The number of rotatable bonds is 4. The first kappa shape index (κ1) is 12.9. The molecule has 4 heteroatoms. The normalized spacial score (nSPS) is 19.7. The third kappa shape index (κ3) is 1.92. The number of amides is 1. The third-order valence-electron chi connectivity index (χ3n) is 4.47. The van der Waals surface area contributed by atoms with Crippen molar-refractivity contribution in [2.45, 2.75) is 25.7 Å². The summed E-state index contributed by atoms with van der Waals surface area (Å²) in [6.07, 6.45) is 2.90. The fourth-order valence-corrected chi connectivity index (χ4v) is 3.23. The van der Waals surface area contributed by atoms with Crippen molar-refractivity contribution in [3.8, 4) is 0 Å². The van der Waals surface area contributed by atoms with Crippen LogP contribution in [0.25, 0.3) is 5.70 Å². The highest BCUT2D eigenvalue weighted by Crippen LogP contribution is 2.46. The molecule has 1 aromatic rings. The fourth-order valence-electron chi connectivity index (χ4n) is 3.23. The van der Waals surface area contributed by atoms with Gasteiger partial charge in [0.1, 0.15) is 0 Å². The van der Waals surface area contributed by atoms with Crippen LogP contribution in [0.5, 0.6) is 0 Å². The van der Waals surface area contributed by atoms with E-state index in [1.54, 1.807) is 11.0 Å². The third-order valence-corrected chi connectivity index (χ3v) is 4.47. The zero-order valence-corrected chi connectivity index (χ0v) is 11.3. The zero-order chi connectivity index (χ0) is 14.3. The molecule has 0 unspecified atom stereocenters. The topological polar surface area (TPSA) is 57.6 Å². The van der Waals surface area contributed by atoms with E-state index in [9.17, 15) is 9.59 Å². The van der Waals surface area contributed by atoms with Gasteiger partial charge >= 0.3 is 5.97 Å². The second kappa shape index (κ2) is 4.47. The molecule has 104 valence electrons. The monoisotopic (exact) mass is 271 g/mol. The lowest BCUT2D eigenvalue weighted by molar-refractivity contribution is -0.141. The number of hydrogen-bond donors (Lipinski definition) is 1. The fraction of sp³-hybridized carbons (Fsp3) is 0.375. The molecule has 0 atom stereocenters. The number of hydrogen-bond acceptors (Lipinski definition) is 2. The van der Waals surface area contributed by atoms with Crippen LogP contribution < -0.4 is 0 Å². The Morgan fingerprint density at radius 3 is 2.45 bits per heavy atom. The quantitative estimate of drug-likeness (QED) is 0.916. The van der Waals surface area contributed by atoms with Gasteiger partial charge in [0.15, 0.2) is 0 Å². The molecule has 0 saturated heterocycles. The number of benzene rings is 1. The molecule has 1 fully saturated rings. The highest BCUT2D eigenvalue weighted by atomic mass is 16.4. The van der Waals surface area contributed by atoms with Crippen molar-refractivity contribution in [1.29, 1.82) is 0 Å². The van der Waals surface area contributed by atoms with Crippen molar-refractivity contribution < 1.29 is 14.7 Å². The van der Waals surface area contributed by atoms with Gasteiger partial charge in [0, 0.05) is 23.4 Å². The van der Waals surface area contributed by atoms with Crippen molar-refractivity contribution in [2.75, 3.05) is 6.54 Å². The lowest BCUT2D eigenvalue weighted by Crippen LogP contribution is -2.43. The van der Waals surface area contributed by atoms with Gasteiger partial charge in [0.05, 0.1) is 6.42 Å². The van der Waals surface area contributed by atoms with E-state index in [1.807, 2.05) is 18.2 Å². The number of nitrogens with zero attached hydrogens (tertiary/aromatic N) is 1. The van der Waals surface area contributed by atoms with Crippen molar-refractivity contribution in [3.05, 3.63) is 42.0 Å². The average molecular weight is 271 g/mol. The van der Waals surface area contributed by atoms with Crippen LogP contribution in [0.15, 0.2) is 30.8 Å². The molecule has 1 amide bonds. The van der Waals surface area contributed by atoms with Crippen LogP contribution in [0.3, 0.4) is 0 Å². The second-order valence-electron chi connectivity index (χ2n) is 5.81. The summed E-state index contributed by atoms with van der Waals surface area (Å²) in [5, 5.41) is 9.07. The number of carbonyl (C=O) groups is 2. The highest BCUT2D eigenvalue weighted by Gasteiger charge is 2.44. The minimum Gasteiger partial charge on any atom is -0.481 e. The second-order valence-corrected chi connectivity index (χ2v) is 5.81. The SMILES string of the molecule is C=C1c2ccccc2C(=O)N1CC1(CC(=O)O)CCC1. The van der Waals surface area contributed by atoms with E-state index < -0.39 is 5.97 Å². The Hall–Kier alpha value is -2.10. The van der Waals surface area contributed by atoms with Crippen LogP contribution in [0.2, 0.25) is 0 Å². The van der Waals surface area contributed by atoms with Crippen molar-refractivity contribution in [3.63, 3.8) is 0 Å². The lowest BCUT2D eigenvalue weighted by atomic mass is 9.66. The summed E-state index contributed by atoms with van der Waals surface area (Å²) >= 11 is 0. The highest BCUT2D eigenvalue weighted by molar-refractivity contribution is 6.08. The van der Waals surface area contributed by atoms with E-state index in [-0.39, 0.29) is 17.7 Å². The maximum absolute atomic E-state index is 12.4. The molecule has 4 nitrogen and oxygen atoms in total. The van der Waals surface area contributed by atoms with Crippen molar-refractivity contribution >= 4 is 17.6 Å². The van der Waals surface area contributed by atoms with Crippen LogP contribution >= 0.6 is 0 Å². The van der Waals surface area contributed by atoms with Gasteiger partial charge in [-0.1, -0.05) is 31.2 Å². The van der Waals surface area contributed by atoms with E-state index in [4.69, 9.17) is 5.11 Å². The molecule has 1 saturated carbocycles. The molecule has 0 bridgehead atoms. The molecule has 0 radical (unpaired) electrons. The molecule has 20 heavy (non-hydrogen) atoms. The summed E-state index contributed by atoms with van der Waals surface area (Å²) in [5.41, 5.74) is 1.96. The van der Waals surface area contributed by atoms with Crippen molar-refractivity contribution in [1.82, 2.24) is 4.90 Å². The van der Waals surface area contributed by atoms with Gasteiger partial charge in [-0.25, -0.2) is 0 Å². The van der Waals surface area contributed by atoms with Gasteiger partial charge < -0.3 is 10.0 Å². The first-order chi connectivity index (χ1) is 9.52. The first-order valence-corrected chi connectivity index (χ1v) is 6.84.